The zero-order valence-electron chi connectivity index (χ0n) is 14.0. The molecule has 1 aromatic rings. The van der Waals surface area contributed by atoms with Crippen LogP contribution in [0, 0.1) is 5.92 Å². The molecule has 1 N–H and O–H groups in total. The van der Waals surface area contributed by atoms with Crippen LogP contribution < -0.4 is 10.1 Å². The van der Waals surface area contributed by atoms with Crippen LogP contribution >= 0.6 is 11.8 Å². The van der Waals surface area contributed by atoms with Crippen molar-refractivity contribution >= 4 is 23.6 Å². The van der Waals surface area contributed by atoms with E-state index in [0.717, 1.165) is 35.7 Å². The van der Waals surface area contributed by atoms with E-state index in [1.54, 1.807) is 12.0 Å². The normalized spacial score (nSPS) is 21.8. The van der Waals surface area contributed by atoms with Crippen molar-refractivity contribution in [3.05, 3.63) is 29.8 Å². The van der Waals surface area contributed by atoms with Crippen LogP contribution in [0.4, 0.5) is 0 Å². The Kier molecular flexibility index (Phi) is 5.66. The van der Waals surface area contributed by atoms with Crippen molar-refractivity contribution in [1.82, 2.24) is 10.2 Å². The third kappa shape index (κ3) is 4.23. The van der Waals surface area contributed by atoms with Crippen molar-refractivity contribution in [1.29, 1.82) is 0 Å². The molecule has 24 heavy (non-hydrogen) atoms. The zero-order chi connectivity index (χ0) is 16.9. The molecule has 0 bridgehead atoms. The lowest BCUT2D eigenvalue weighted by atomic mass is 10.1. The number of likely N-dealkylation sites (tertiary alicyclic amines) is 1. The lowest BCUT2D eigenvalue weighted by Crippen LogP contribution is -2.41. The van der Waals surface area contributed by atoms with Gasteiger partial charge in [0.15, 0.2) is 0 Å². The molecule has 2 fully saturated rings. The van der Waals surface area contributed by atoms with Gasteiger partial charge >= 0.3 is 0 Å². The average Bonchev–Trinajstić information content (AvgIpc) is 2.97. The topological polar surface area (TPSA) is 58.6 Å². The van der Waals surface area contributed by atoms with Gasteiger partial charge in [-0.3, -0.25) is 9.59 Å². The van der Waals surface area contributed by atoms with Gasteiger partial charge in [-0.05, 0) is 42.0 Å². The molecule has 0 aliphatic carbocycles. The van der Waals surface area contributed by atoms with Crippen LogP contribution in [-0.4, -0.2) is 47.9 Å². The largest absolute Gasteiger partial charge is 0.497 e. The Labute approximate surface area is 147 Å². The fraction of sp³-hybridized carbons (Fsp3) is 0.556. The summed E-state index contributed by atoms with van der Waals surface area (Å²) in [5.74, 6) is 2.90. The van der Waals surface area contributed by atoms with Gasteiger partial charge in [0.2, 0.25) is 11.8 Å². The molecule has 2 aliphatic rings. The minimum atomic E-state index is -0.217. The first-order valence-electron chi connectivity index (χ1n) is 8.44. The number of carbonyl (C=O) groups excluding carboxylic acids is 2. The first-order valence-corrected chi connectivity index (χ1v) is 9.60. The Balaban J connectivity index is 1.53. The summed E-state index contributed by atoms with van der Waals surface area (Å²) in [6, 6.07) is 7.98. The van der Waals surface area contributed by atoms with E-state index >= 15 is 0 Å². The number of hydrogen-bond acceptors (Lipinski definition) is 4. The molecule has 2 amide bonds. The standard InChI is InChI=1S/C18H24N2O3S/c1-23-16-4-2-13(3-5-16)11-20-12-14(10-17(20)21)18(22)19-15-6-8-24-9-7-15/h2-5,14-15H,6-12H2,1H3,(H,19,22)/t14-/m0/s1. The van der Waals surface area contributed by atoms with Crippen molar-refractivity contribution < 1.29 is 14.3 Å². The molecule has 2 aliphatic heterocycles. The van der Waals surface area contributed by atoms with Crippen LogP contribution in [0.1, 0.15) is 24.8 Å². The summed E-state index contributed by atoms with van der Waals surface area (Å²) in [5, 5.41) is 3.13. The smallest absolute Gasteiger partial charge is 0.225 e. The number of ether oxygens (including phenoxy) is 1. The number of benzene rings is 1. The molecule has 0 spiro atoms. The van der Waals surface area contributed by atoms with E-state index in [4.69, 9.17) is 4.74 Å². The second-order valence-electron chi connectivity index (χ2n) is 6.42. The summed E-state index contributed by atoms with van der Waals surface area (Å²) in [7, 11) is 1.63. The van der Waals surface area contributed by atoms with Crippen LogP contribution in [0.5, 0.6) is 5.75 Å². The lowest BCUT2D eigenvalue weighted by Gasteiger charge is -2.24. The minimum absolute atomic E-state index is 0.0393. The highest BCUT2D eigenvalue weighted by Crippen LogP contribution is 2.23. The highest BCUT2D eigenvalue weighted by molar-refractivity contribution is 7.99. The molecule has 0 saturated carbocycles. The van der Waals surface area contributed by atoms with Crippen LogP contribution in [0.3, 0.4) is 0 Å². The summed E-state index contributed by atoms with van der Waals surface area (Å²) >= 11 is 1.94. The van der Waals surface area contributed by atoms with Gasteiger partial charge in [-0.25, -0.2) is 0 Å². The maximum atomic E-state index is 12.4. The first kappa shape index (κ1) is 17.1. The number of thioether (sulfide) groups is 1. The number of nitrogens with zero attached hydrogens (tertiary/aromatic N) is 1. The van der Waals surface area contributed by atoms with E-state index in [0.29, 0.717) is 19.5 Å². The molecule has 0 aromatic heterocycles. The maximum absolute atomic E-state index is 12.4. The van der Waals surface area contributed by atoms with E-state index in [-0.39, 0.29) is 23.8 Å². The van der Waals surface area contributed by atoms with Crippen molar-refractivity contribution in [3.8, 4) is 5.75 Å². The maximum Gasteiger partial charge on any atom is 0.225 e. The van der Waals surface area contributed by atoms with Crippen molar-refractivity contribution in [2.24, 2.45) is 5.92 Å². The number of carbonyl (C=O) groups is 2. The number of methoxy groups -OCH3 is 1. The second-order valence-corrected chi connectivity index (χ2v) is 7.64. The van der Waals surface area contributed by atoms with Gasteiger partial charge in [0.05, 0.1) is 13.0 Å². The molecule has 0 radical (unpaired) electrons. The quantitative estimate of drug-likeness (QED) is 0.885. The monoisotopic (exact) mass is 348 g/mol. The predicted molar refractivity (Wildman–Crippen MR) is 95.0 cm³/mol. The third-order valence-electron chi connectivity index (χ3n) is 4.69. The summed E-state index contributed by atoms with van der Waals surface area (Å²) in [5.41, 5.74) is 1.05. The fourth-order valence-electron chi connectivity index (χ4n) is 3.21. The molecule has 1 aromatic carbocycles. The van der Waals surface area contributed by atoms with E-state index in [1.165, 1.54) is 0 Å². The Morgan fingerprint density at radius 3 is 2.67 bits per heavy atom. The molecule has 1 atom stereocenters. The van der Waals surface area contributed by atoms with E-state index in [9.17, 15) is 9.59 Å². The molecule has 2 heterocycles. The Hall–Kier alpha value is -1.69. The highest BCUT2D eigenvalue weighted by atomic mass is 32.2. The Morgan fingerprint density at radius 2 is 2.00 bits per heavy atom. The first-order chi connectivity index (χ1) is 11.7. The number of hydrogen-bond donors (Lipinski definition) is 1. The Bertz CT molecular complexity index is 584. The van der Waals surface area contributed by atoms with Gasteiger partial charge in [0, 0.05) is 25.6 Å². The summed E-state index contributed by atoms with van der Waals surface area (Å²) in [6.07, 6.45) is 2.39. The Morgan fingerprint density at radius 1 is 1.29 bits per heavy atom. The lowest BCUT2D eigenvalue weighted by molar-refractivity contribution is -0.129. The molecule has 5 nitrogen and oxygen atoms in total. The van der Waals surface area contributed by atoms with Crippen molar-refractivity contribution in [3.63, 3.8) is 0 Å². The van der Waals surface area contributed by atoms with E-state index in [2.05, 4.69) is 5.32 Å². The van der Waals surface area contributed by atoms with Crippen LogP contribution in [0.2, 0.25) is 0 Å². The van der Waals surface area contributed by atoms with Gasteiger partial charge in [-0.1, -0.05) is 12.1 Å². The second kappa shape index (κ2) is 7.92. The molecule has 6 heteroatoms. The molecular formula is C18H24N2O3S. The minimum Gasteiger partial charge on any atom is -0.497 e. The van der Waals surface area contributed by atoms with Crippen molar-refractivity contribution in [2.45, 2.75) is 31.8 Å². The number of nitrogens with one attached hydrogen (secondary N) is 1. The molecular weight excluding hydrogens is 324 g/mol. The van der Waals surface area contributed by atoms with E-state index < -0.39 is 0 Å². The van der Waals surface area contributed by atoms with E-state index in [1.807, 2.05) is 36.0 Å². The van der Waals surface area contributed by atoms with Crippen LogP contribution in [0.25, 0.3) is 0 Å². The predicted octanol–water partition coefficient (Wildman–Crippen LogP) is 2.06. The SMILES string of the molecule is COc1ccc(CN2C[C@@H](C(=O)NC3CCSCC3)CC2=O)cc1. The third-order valence-corrected chi connectivity index (χ3v) is 5.73. The summed E-state index contributed by atoms with van der Waals surface area (Å²) < 4.78 is 5.15. The van der Waals surface area contributed by atoms with Gasteiger partial charge in [0.25, 0.3) is 0 Å². The molecule has 0 unspecified atom stereocenters. The zero-order valence-corrected chi connectivity index (χ0v) is 14.8. The summed E-state index contributed by atoms with van der Waals surface area (Å²) in [4.78, 5) is 26.4. The van der Waals surface area contributed by atoms with Crippen molar-refractivity contribution in [2.75, 3.05) is 25.2 Å². The van der Waals surface area contributed by atoms with Gasteiger partial charge < -0.3 is 15.0 Å². The highest BCUT2D eigenvalue weighted by Gasteiger charge is 2.35. The van der Waals surface area contributed by atoms with Gasteiger partial charge in [-0.2, -0.15) is 11.8 Å². The molecule has 3 rings (SSSR count). The number of amides is 2. The van der Waals surface area contributed by atoms with Crippen LogP contribution in [0.15, 0.2) is 24.3 Å². The van der Waals surface area contributed by atoms with Crippen LogP contribution in [-0.2, 0) is 16.1 Å². The fourth-order valence-corrected chi connectivity index (χ4v) is 4.32. The molecule has 130 valence electrons. The van der Waals surface area contributed by atoms with Gasteiger partial charge in [-0.15, -0.1) is 0 Å². The molecule has 2 saturated heterocycles. The van der Waals surface area contributed by atoms with Gasteiger partial charge in [0.1, 0.15) is 5.75 Å². The average molecular weight is 348 g/mol. The summed E-state index contributed by atoms with van der Waals surface area (Å²) in [6.45, 7) is 1.06. The number of rotatable bonds is 5.